The summed E-state index contributed by atoms with van der Waals surface area (Å²) in [5.41, 5.74) is 2.07. The van der Waals surface area contributed by atoms with Gasteiger partial charge in [0.2, 0.25) is 5.91 Å². The van der Waals surface area contributed by atoms with Crippen LogP contribution in [0.5, 0.6) is 0 Å². The molecule has 106 valence electrons. The van der Waals surface area contributed by atoms with Gasteiger partial charge < -0.3 is 5.32 Å². The van der Waals surface area contributed by atoms with E-state index >= 15 is 0 Å². The number of fused-ring (bicyclic) bond motifs is 1. The Bertz CT molecular complexity index is 749. The van der Waals surface area contributed by atoms with E-state index in [4.69, 9.17) is 0 Å². The molecule has 0 spiro atoms. The monoisotopic (exact) mass is 279 g/mol. The zero-order valence-electron chi connectivity index (χ0n) is 11.9. The van der Waals surface area contributed by atoms with E-state index in [1.807, 2.05) is 61.5 Å². The van der Waals surface area contributed by atoms with E-state index in [9.17, 15) is 4.79 Å². The van der Waals surface area contributed by atoms with E-state index in [0.717, 1.165) is 16.5 Å². The van der Waals surface area contributed by atoms with Gasteiger partial charge in [-0.2, -0.15) is 5.10 Å². The molecule has 1 atom stereocenters. The van der Waals surface area contributed by atoms with Crippen molar-refractivity contribution in [3.63, 3.8) is 0 Å². The number of hydrogen-bond acceptors (Lipinski definition) is 2. The summed E-state index contributed by atoms with van der Waals surface area (Å²) in [6.45, 7) is 2.21. The molecule has 1 N–H and O–H groups in total. The van der Waals surface area contributed by atoms with E-state index in [2.05, 4.69) is 10.4 Å². The lowest BCUT2D eigenvalue weighted by Crippen LogP contribution is -2.30. The Morgan fingerprint density at radius 3 is 2.67 bits per heavy atom. The first-order valence-corrected chi connectivity index (χ1v) is 6.99. The number of amides is 1. The molecule has 0 bridgehead atoms. The fourth-order valence-corrected chi connectivity index (χ4v) is 2.40. The predicted octanol–water partition coefficient (Wildman–Crippen LogP) is 2.91. The van der Waals surface area contributed by atoms with Gasteiger partial charge in [0.15, 0.2) is 0 Å². The minimum Gasteiger partial charge on any atom is -0.348 e. The largest absolute Gasteiger partial charge is 0.348 e. The summed E-state index contributed by atoms with van der Waals surface area (Å²) < 4.78 is 1.72. The van der Waals surface area contributed by atoms with E-state index in [1.54, 1.807) is 10.9 Å². The quantitative estimate of drug-likeness (QED) is 0.798. The Labute approximate surface area is 123 Å². The van der Waals surface area contributed by atoms with Gasteiger partial charge in [0.05, 0.1) is 17.8 Å². The third kappa shape index (κ3) is 2.94. The SMILES string of the molecule is C[C@H](NC(=O)Cn1ncc2ccccc21)c1ccccc1. The molecular weight excluding hydrogens is 262 g/mol. The normalized spacial score (nSPS) is 12.2. The van der Waals surface area contributed by atoms with Crippen molar-refractivity contribution in [2.45, 2.75) is 19.5 Å². The maximum Gasteiger partial charge on any atom is 0.242 e. The average molecular weight is 279 g/mol. The fraction of sp³-hybridized carbons (Fsp3) is 0.176. The van der Waals surface area contributed by atoms with E-state index in [0.29, 0.717) is 0 Å². The van der Waals surface area contributed by atoms with Gasteiger partial charge in [-0.15, -0.1) is 0 Å². The van der Waals surface area contributed by atoms with Crippen LogP contribution in [0.15, 0.2) is 60.8 Å². The molecule has 0 aliphatic rings. The van der Waals surface area contributed by atoms with Crippen molar-refractivity contribution in [3.05, 3.63) is 66.4 Å². The van der Waals surface area contributed by atoms with Crippen LogP contribution in [-0.4, -0.2) is 15.7 Å². The van der Waals surface area contributed by atoms with Crippen molar-refractivity contribution in [1.29, 1.82) is 0 Å². The lowest BCUT2D eigenvalue weighted by atomic mass is 10.1. The minimum absolute atomic E-state index is 0.0134. The van der Waals surface area contributed by atoms with Gasteiger partial charge in [-0.1, -0.05) is 48.5 Å². The molecule has 3 rings (SSSR count). The molecule has 1 heterocycles. The van der Waals surface area contributed by atoms with Crippen molar-refractivity contribution in [3.8, 4) is 0 Å². The second-order valence-corrected chi connectivity index (χ2v) is 5.06. The second kappa shape index (κ2) is 5.79. The highest BCUT2D eigenvalue weighted by molar-refractivity contribution is 5.82. The second-order valence-electron chi connectivity index (χ2n) is 5.06. The Hall–Kier alpha value is -2.62. The molecule has 0 saturated carbocycles. The van der Waals surface area contributed by atoms with Crippen LogP contribution in [-0.2, 0) is 11.3 Å². The average Bonchev–Trinajstić information content (AvgIpc) is 2.91. The first kappa shape index (κ1) is 13.4. The van der Waals surface area contributed by atoms with Gasteiger partial charge in [0.1, 0.15) is 6.54 Å². The van der Waals surface area contributed by atoms with Crippen LogP contribution in [0.3, 0.4) is 0 Å². The summed E-state index contributed by atoms with van der Waals surface area (Å²) in [5, 5.41) is 8.31. The van der Waals surface area contributed by atoms with Crippen LogP contribution in [0.4, 0.5) is 0 Å². The molecule has 0 radical (unpaired) electrons. The number of rotatable bonds is 4. The van der Waals surface area contributed by atoms with E-state index in [-0.39, 0.29) is 18.5 Å². The number of benzene rings is 2. The van der Waals surface area contributed by atoms with Crippen LogP contribution >= 0.6 is 0 Å². The van der Waals surface area contributed by atoms with Gasteiger partial charge in [-0.05, 0) is 18.6 Å². The number of hydrogen-bond donors (Lipinski definition) is 1. The summed E-state index contributed by atoms with van der Waals surface area (Å²) in [6.07, 6.45) is 1.78. The smallest absolute Gasteiger partial charge is 0.242 e. The first-order chi connectivity index (χ1) is 10.2. The molecule has 0 unspecified atom stereocenters. The molecule has 0 fully saturated rings. The van der Waals surface area contributed by atoms with Crippen molar-refractivity contribution < 1.29 is 4.79 Å². The van der Waals surface area contributed by atoms with Crippen molar-refractivity contribution in [2.75, 3.05) is 0 Å². The number of aromatic nitrogens is 2. The number of para-hydroxylation sites is 1. The molecule has 3 aromatic rings. The molecule has 2 aromatic carbocycles. The van der Waals surface area contributed by atoms with Gasteiger partial charge in [0.25, 0.3) is 0 Å². The summed E-state index contributed by atoms with van der Waals surface area (Å²) in [5.74, 6) is -0.0415. The minimum atomic E-state index is -0.0415. The van der Waals surface area contributed by atoms with Crippen LogP contribution < -0.4 is 5.32 Å². The highest BCUT2D eigenvalue weighted by atomic mass is 16.2. The van der Waals surface area contributed by atoms with Crippen LogP contribution in [0, 0.1) is 0 Å². The maximum absolute atomic E-state index is 12.2. The van der Waals surface area contributed by atoms with Crippen LogP contribution in [0.25, 0.3) is 10.9 Å². The molecule has 0 saturated heterocycles. The molecule has 0 aliphatic heterocycles. The van der Waals surface area contributed by atoms with E-state index in [1.165, 1.54) is 0 Å². The molecular formula is C17H17N3O. The summed E-state index contributed by atoms with van der Waals surface area (Å²) in [7, 11) is 0. The lowest BCUT2D eigenvalue weighted by Gasteiger charge is -2.14. The Balaban J connectivity index is 1.69. The Kier molecular flexibility index (Phi) is 3.69. The Morgan fingerprint density at radius 2 is 1.86 bits per heavy atom. The highest BCUT2D eigenvalue weighted by Crippen LogP contribution is 2.13. The van der Waals surface area contributed by atoms with Gasteiger partial charge in [-0.25, -0.2) is 0 Å². The highest BCUT2D eigenvalue weighted by Gasteiger charge is 2.11. The topological polar surface area (TPSA) is 46.9 Å². The zero-order valence-corrected chi connectivity index (χ0v) is 11.9. The predicted molar refractivity (Wildman–Crippen MR) is 82.7 cm³/mol. The standard InChI is InChI=1S/C17H17N3O/c1-13(14-7-3-2-4-8-14)19-17(21)12-20-16-10-6-5-9-15(16)11-18-20/h2-11,13H,12H2,1H3,(H,19,21)/t13-/m0/s1. The summed E-state index contributed by atoms with van der Waals surface area (Å²) in [6, 6.07) is 17.8. The van der Waals surface area contributed by atoms with Crippen molar-refractivity contribution >= 4 is 16.8 Å². The number of nitrogens with one attached hydrogen (secondary N) is 1. The lowest BCUT2D eigenvalue weighted by molar-refractivity contribution is -0.122. The maximum atomic E-state index is 12.2. The van der Waals surface area contributed by atoms with Gasteiger partial charge in [-0.3, -0.25) is 9.48 Å². The molecule has 1 amide bonds. The van der Waals surface area contributed by atoms with E-state index < -0.39 is 0 Å². The third-order valence-electron chi connectivity index (χ3n) is 3.52. The zero-order chi connectivity index (χ0) is 14.7. The molecule has 4 heteroatoms. The Morgan fingerprint density at radius 1 is 1.14 bits per heavy atom. The number of carbonyl (C=O) groups is 1. The number of carbonyl (C=O) groups excluding carboxylic acids is 1. The third-order valence-corrected chi connectivity index (χ3v) is 3.52. The van der Waals surface area contributed by atoms with Crippen molar-refractivity contribution in [1.82, 2.24) is 15.1 Å². The first-order valence-electron chi connectivity index (χ1n) is 6.99. The molecule has 21 heavy (non-hydrogen) atoms. The molecule has 1 aromatic heterocycles. The summed E-state index contributed by atoms with van der Waals surface area (Å²) >= 11 is 0. The number of nitrogens with zero attached hydrogens (tertiary/aromatic N) is 2. The fourth-order valence-electron chi connectivity index (χ4n) is 2.40. The van der Waals surface area contributed by atoms with Gasteiger partial charge >= 0.3 is 0 Å². The molecule has 4 nitrogen and oxygen atoms in total. The summed E-state index contributed by atoms with van der Waals surface area (Å²) in [4.78, 5) is 12.2. The molecule has 0 aliphatic carbocycles. The van der Waals surface area contributed by atoms with Crippen LogP contribution in [0.2, 0.25) is 0 Å². The van der Waals surface area contributed by atoms with Crippen molar-refractivity contribution in [2.24, 2.45) is 0 Å². The van der Waals surface area contributed by atoms with Gasteiger partial charge in [0, 0.05) is 5.39 Å². The van der Waals surface area contributed by atoms with Crippen LogP contribution in [0.1, 0.15) is 18.5 Å².